The summed E-state index contributed by atoms with van der Waals surface area (Å²) >= 11 is 1.62. The quantitative estimate of drug-likeness (QED) is 0.892. The van der Waals surface area contributed by atoms with Gasteiger partial charge in [-0.3, -0.25) is 14.3 Å². The number of carbonyl (C=O) groups excluding carboxylic acids is 2. The highest BCUT2D eigenvalue weighted by Gasteiger charge is 2.37. The minimum Gasteiger partial charge on any atom is -0.350 e. The number of fused-ring (bicyclic) bond motifs is 1. The van der Waals surface area contributed by atoms with E-state index in [-0.39, 0.29) is 17.4 Å². The first-order chi connectivity index (χ1) is 10.9. The van der Waals surface area contributed by atoms with Crippen LogP contribution in [0.2, 0.25) is 0 Å². The van der Waals surface area contributed by atoms with Crippen molar-refractivity contribution >= 4 is 23.6 Å². The molecule has 7 heteroatoms. The smallest absolute Gasteiger partial charge is 0.258 e. The zero-order valence-corrected chi connectivity index (χ0v) is 14.8. The van der Waals surface area contributed by atoms with Crippen molar-refractivity contribution in [3.05, 3.63) is 17.5 Å². The van der Waals surface area contributed by atoms with E-state index < -0.39 is 6.04 Å². The summed E-state index contributed by atoms with van der Waals surface area (Å²) in [7, 11) is 0. The van der Waals surface area contributed by atoms with Crippen LogP contribution in [0.1, 0.15) is 49.7 Å². The number of nitrogens with zero attached hydrogens (tertiary/aromatic N) is 3. The molecule has 1 atom stereocenters. The van der Waals surface area contributed by atoms with Gasteiger partial charge in [-0.25, -0.2) is 0 Å². The van der Waals surface area contributed by atoms with Gasteiger partial charge in [-0.05, 0) is 40.0 Å². The molecule has 1 N–H and O–H groups in total. The molecule has 3 heterocycles. The van der Waals surface area contributed by atoms with Crippen molar-refractivity contribution in [3.63, 3.8) is 0 Å². The van der Waals surface area contributed by atoms with Crippen LogP contribution in [0.5, 0.6) is 0 Å². The number of carbonyl (C=O) groups is 2. The minimum atomic E-state index is -0.397. The van der Waals surface area contributed by atoms with Gasteiger partial charge in [-0.15, -0.1) is 11.8 Å². The first-order valence-electron chi connectivity index (χ1n) is 8.12. The Balaban J connectivity index is 1.78. The summed E-state index contributed by atoms with van der Waals surface area (Å²) in [4.78, 5) is 27.1. The third-order valence-electron chi connectivity index (χ3n) is 4.16. The highest BCUT2D eigenvalue weighted by atomic mass is 32.2. The highest BCUT2D eigenvalue weighted by Crippen LogP contribution is 2.26. The zero-order valence-electron chi connectivity index (χ0n) is 14.0. The second-order valence-corrected chi connectivity index (χ2v) is 8.21. The molecule has 2 amide bonds. The molecule has 0 spiro atoms. The molecule has 1 saturated heterocycles. The lowest BCUT2D eigenvalue weighted by Gasteiger charge is -2.28. The lowest BCUT2D eigenvalue weighted by molar-refractivity contribution is -0.125. The van der Waals surface area contributed by atoms with Crippen LogP contribution in [-0.4, -0.2) is 49.7 Å². The number of nitrogens with one attached hydrogen (secondary N) is 1. The Morgan fingerprint density at radius 2 is 2.13 bits per heavy atom. The van der Waals surface area contributed by atoms with Gasteiger partial charge < -0.3 is 10.2 Å². The molecule has 0 aromatic carbocycles. The third-order valence-corrected chi connectivity index (χ3v) is 5.17. The first kappa shape index (κ1) is 16.4. The van der Waals surface area contributed by atoms with E-state index in [1.807, 2.05) is 25.5 Å². The maximum Gasteiger partial charge on any atom is 0.258 e. The molecule has 1 fully saturated rings. The fourth-order valence-electron chi connectivity index (χ4n) is 3.07. The molecule has 6 nitrogen and oxygen atoms in total. The second-order valence-electron chi connectivity index (χ2n) is 7.22. The molecular formula is C16H24N4O2S. The van der Waals surface area contributed by atoms with Crippen molar-refractivity contribution in [2.45, 2.75) is 58.2 Å². The van der Waals surface area contributed by atoms with E-state index in [0.717, 1.165) is 31.5 Å². The minimum absolute atomic E-state index is 0.0628. The summed E-state index contributed by atoms with van der Waals surface area (Å²) in [5.41, 5.74) is 1.39. The van der Waals surface area contributed by atoms with Crippen LogP contribution in [0.25, 0.3) is 0 Å². The number of amides is 2. The Hall–Kier alpha value is -1.50. The van der Waals surface area contributed by atoms with Crippen molar-refractivity contribution in [2.75, 3.05) is 11.6 Å². The topological polar surface area (TPSA) is 67.2 Å². The number of aryl methyl sites for hydroxylation is 1. The summed E-state index contributed by atoms with van der Waals surface area (Å²) in [6.07, 6.45) is 4.76. The van der Waals surface area contributed by atoms with Gasteiger partial charge >= 0.3 is 0 Å². The monoisotopic (exact) mass is 336 g/mol. The van der Waals surface area contributed by atoms with E-state index in [4.69, 9.17) is 0 Å². The Kier molecular flexibility index (Phi) is 4.40. The average molecular weight is 336 g/mol. The van der Waals surface area contributed by atoms with Crippen molar-refractivity contribution in [3.8, 4) is 0 Å². The molecule has 3 rings (SSSR count). The van der Waals surface area contributed by atoms with Gasteiger partial charge in [-0.2, -0.15) is 5.10 Å². The van der Waals surface area contributed by atoms with Crippen molar-refractivity contribution in [1.82, 2.24) is 20.0 Å². The number of thioether (sulfide) groups is 1. The van der Waals surface area contributed by atoms with Crippen LogP contribution < -0.4 is 5.32 Å². The maximum absolute atomic E-state index is 12.9. The van der Waals surface area contributed by atoms with Gasteiger partial charge in [0, 0.05) is 17.8 Å². The molecule has 23 heavy (non-hydrogen) atoms. The molecule has 0 unspecified atom stereocenters. The first-order valence-corrected chi connectivity index (χ1v) is 9.28. The SMILES string of the molecule is CC(C)(C)NC(=O)[C@@H]1CSCN1C(=O)c1cnn2c1CCCC2. The lowest BCUT2D eigenvalue weighted by atomic mass is 10.1. The van der Waals surface area contributed by atoms with Crippen molar-refractivity contribution < 1.29 is 9.59 Å². The molecule has 0 radical (unpaired) electrons. The molecule has 2 aliphatic heterocycles. The van der Waals surface area contributed by atoms with Crippen LogP contribution >= 0.6 is 11.8 Å². The fourth-order valence-corrected chi connectivity index (χ4v) is 4.22. The summed E-state index contributed by atoms with van der Waals surface area (Å²) in [6.45, 7) is 6.74. The van der Waals surface area contributed by atoms with Crippen molar-refractivity contribution in [2.24, 2.45) is 0 Å². The van der Waals surface area contributed by atoms with Crippen LogP contribution in [0.15, 0.2) is 6.20 Å². The molecule has 126 valence electrons. The summed E-state index contributed by atoms with van der Waals surface area (Å²) < 4.78 is 1.93. The Morgan fingerprint density at radius 1 is 1.35 bits per heavy atom. The Labute approximate surface area is 141 Å². The van der Waals surface area contributed by atoms with Gasteiger partial charge in [0.25, 0.3) is 5.91 Å². The fraction of sp³-hybridized carbons (Fsp3) is 0.688. The van der Waals surface area contributed by atoms with Crippen LogP contribution in [0, 0.1) is 0 Å². The van der Waals surface area contributed by atoms with Gasteiger partial charge in [0.2, 0.25) is 5.91 Å². The van der Waals surface area contributed by atoms with Crippen LogP contribution in [-0.2, 0) is 17.8 Å². The van der Waals surface area contributed by atoms with Crippen LogP contribution in [0.4, 0.5) is 0 Å². The maximum atomic E-state index is 12.9. The average Bonchev–Trinajstić information content (AvgIpc) is 3.12. The van der Waals surface area contributed by atoms with E-state index in [1.54, 1.807) is 22.9 Å². The second kappa shape index (κ2) is 6.19. The zero-order chi connectivity index (χ0) is 16.6. The molecule has 2 aliphatic rings. The largest absolute Gasteiger partial charge is 0.350 e. The summed E-state index contributed by atoms with van der Waals surface area (Å²) in [6, 6.07) is -0.397. The number of rotatable bonds is 2. The van der Waals surface area contributed by atoms with Gasteiger partial charge in [0.1, 0.15) is 6.04 Å². The Bertz CT molecular complexity index is 620. The number of aromatic nitrogens is 2. The molecule has 0 aliphatic carbocycles. The van der Waals surface area contributed by atoms with E-state index in [9.17, 15) is 9.59 Å². The predicted molar refractivity (Wildman–Crippen MR) is 90.3 cm³/mol. The van der Waals surface area contributed by atoms with Gasteiger partial charge in [-0.1, -0.05) is 0 Å². The van der Waals surface area contributed by atoms with Gasteiger partial charge in [0.05, 0.1) is 23.3 Å². The molecule has 1 aromatic rings. The Morgan fingerprint density at radius 3 is 2.87 bits per heavy atom. The number of hydrogen-bond acceptors (Lipinski definition) is 4. The van der Waals surface area contributed by atoms with Crippen LogP contribution in [0.3, 0.4) is 0 Å². The third kappa shape index (κ3) is 3.39. The van der Waals surface area contributed by atoms with E-state index in [2.05, 4.69) is 10.4 Å². The molecule has 0 bridgehead atoms. The van der Waals surface area contributed by atoms with Gasteiger partial charge in [0.15, 0.2) is 0 Å². The lowest BCUT2D eigenvalue weighted by Crippen LogP contribution is -2.52. The standard InChI is InChI=1S/C16H24N4O2S/c1-16(2,3)18-14(21)13-9-23-10-19(13)15(22)11-8-17-20-7-5-4-6-12(11)20/h8,13H,4-7,9-10H2,1-3H3,(H,18,21)/t13-/m0/s1. The van der Waals surface area contributed by atoms with E-state index in [1.165, 1.54) is 0 Å². The highest BCUT2D eigenvalue weighted by molar-refractivity contribution is 7.99. The van der Waals surface area contributed by atoms with Crippen molar-refractivity contribution in [1.29, 1.82) is 0 Å². The summed E-state index contributed by atoms with van der Waals surface area (Å²) in [5, 5.41) is 7.33. The molecular weight excluding hydrogens is 312 g/mol. The molecule has 0 saturated carbocycles. The predicted octanol–water partition coefficient (Wildman–Crippen LogP) is 1.65. The summed E-state index contributed by atoms with van der Waals surface area (Å²) in [5.74, 6) is 1.08. The van der Waals surface area contributed by atoms with E-state index in [0.29, 0.717) is 17.2 Å². The molecule has 1 aromatic heterocycles. The number of hydrogen-bond donors (Lipinski definition) is 1. The van der Waals surface area contributed by atoms with E-state index >= 15 is 0 Å². The normalized spacial score (nSPS) is 21.2.